The number of carbonyl (C=O) groups excluding carboxylic acids is 1. The summed E-state index contributed by atoms with van der Waals surface area (Å²) < 4.78 is 0. The van der Waals surface area contributed by atoms with Crippen LogP contribution in [-0.2, 0) is 4.79 Å². The molecule has 54 valence electrons. The average molecular weight is 261 g/mol. The molecule has 0 aromatic carbocycles. The monoisotopic (exact) mass is 259 g/mol. The van der Waals surface area contributed by atoms with E-state index in [-0.39, 0.29) is 4.83 Å². The highest BCUT2D eigenvalue weighted by Gasteiger charge is 2.19. The van der Waals surface area contributed by atoms with Crippen molar-refractivity contribution in [3.8, 4) is 0 Å². The van der Waals surface area contributed by atoms with E-state index in [0.717, 1.165) is 0 Å². The summed E-state index contributed by atoms with van der Waals surface area (Å²) in [6.45, 7) is 0. The molecule has 0 aliphatic carbocycles. The van der Waals surface area contributed by atoms with E-state index in [1.165, 1.54) is 0 Å². The van der Waals surface area contributed by atoms with E-state index >= 15 is 0 Å². The van der Waals surface area contributed by atoms with Gasteiger partial charge in [0.25, 0.3) is 0 Å². The lowest BCUT2D eigenvalue weighted by Crippen LogP contribution is -2.36. The minimum absolute atomic E-state index is 0.296. The zero-order chi connectivity index (χ0) is 7.44. The Balaban J connectivity index is 3.72. The number of aliphatic hydroxyl groups excluding tert-OH is 1. The lowest BCUT2D eigenvalue weighted by atomic mass is 10.3. The van der Waals surface area contributed by atoms with Crippen molar-refractivity contribution in [3.05, 3.63) is 0 Å². The lowest BCUT2D eigenvalue weighted by molar-refractivity contribution is -0.125. The number of hydrogen-bond donors (Lipinski definition) is 2. The number of alkyl halides is 2. The molecule has 0 aromatic heterocycles. The van der Waals surface area contributed by atoms with Gasteiger partial charge >= 0.3 is 0 Å². The molecule has 0 heterocycles. The van der Waals surface area contributed by atoms with Gasteiger partial charge in [0.15, 0.2) is 0 Å². The number of hydrogen-bond acceptors (Lipinski definition) is 2. The molecule has 2 atom stereocenters. The van der Waals surface area contributed by atoms with Gasteiger partial charge in [-0.1, -0.05) is 31.9 Å². The van der Waals surface area contributed by atoms with Gasteiger partial charge in [0.05, 0.1) is 4.83 Å². The molecule has 3 N–H and O–H groups in total. The van der Waals surface area contributed by atoms with Gasteiger partial charge in [-0.15, -0.1) is 0 Å². The molecule has 0 fully saturated rings. The summed E-state index contributed by atoms with van der Waals surface area (Å²) in [4.78, 5) is 9.92. The highest BCUT2D eigenvalue weighted by Crippen LogP contribution is 2.07. The standard InChI is InChI=1S/C4H7Br2NO2/c5-1-2(6)3(8)4(7)9/h2-3,8H,1H2,(H2,7,9)/t2-,3+/m0/s1. The Bertz CT molecular complexity index is 109. The van der Waals surface area contributed by atoms with E-state index in [0.29, 0.717) is 5.33 Å². The molecule has 0 bridgehead atoms. The van der Waals surface area contributed by atoms with Crippen molar-refractivity contribution in [1.82, 2.24) is 0 Å². The number of nitrogens with two attached hydrogens (primary N) is 1. The van der Waals surface area contributed by atoms with Crippen molar-refractivity contribution in [1.29, 1.82) is 0 Å². The van der Waals surface area contributed by atoms with Crippen molar-refractivity contribution in [2.75, 3.05) is 5.33 Å². The molecule has 1 amide bonds. The third kappa shape index (κ3) is 3.17. The number of primary amides is 1. The van der Waals surface area contributed by atoms with Crippen LogP contribution in [0.25, 0.3) is 0 Å². The van der Waals surface area contributed by atoms with Crippen LogP contribution in [0.1, 0.15) is 0 Å². The summed E-state index contributed by atoms with van der Waals surface area (Å²) in [5, 5.41) is 9.34. The molecular weight excluding hydrogens is 254 g/mol. The summed E-state index contributed by atoms with van der Waals surface area (Å²) in [5.74, 6) is -0.712. The lowest BCUT2D eigenvalue weighted by Gasteiger charge is -2.09. The first-order valence-corrected chi connectivity index (χ1v) is 4.30. The zero-order valence-corrected chi connectivity index (χ0v) is 7.72. The molecule has 0 saturated carbocycles. The molecule has 9 heavy (non-hydrogen) atoms. The maximum atomic E-state index is 10.2. The molecule has 0 saturated heterocycles. The molecule has 3 nitrogen and oxygen atoms in total. The largest absolute Gasteiger partial charge is 0.382 e. The van der Waals surface area contributed by atoms with Crippen LogP contribution in [0.4, 0.5) is 0 Å². The van der Waals surface area contributed by atoms with E-state index in [9.17, 15) is 4.79 Å². The first-order valence-electron chi connectivity index (χ1n) is 2.27. The Labute approximate surface area is 69.9 Å². The summed E-state index contributed by atoms with van der Waals surface area (Å²) in [7, 11) is 0. The zero-order valence-electron chi connectivity index (χ0n) is 4.55. The molecule has 0 aliphatic heterocycles. The predicted octanol–water partition coefficient (Wildman–Crippen LogP) is -0.00900. The Kier molecular flexibility index (Phi) is 4.43. The van der Waals surface area contributed by atoms with Crippen LogP contribution in [0.5, 0.6) is 0 Å². The van der Waals surface area contributed by atoms with Crippen molar-refractivity contribution >= 4 is 37.8 Å². The molecule has 0 aliphatic rings. The van der Waals surface area contributed by atoms with Gasteiger partial charge < -0.3 is 10.8 Å². The Morgan fingerprint density at radius 2 is 2.22 bits per heavy atom. The van der Waals surface area contributed by atoms with Gasteiger partial charge in [0.2, 0.25) is 5.91 Å². The van der Waals surface area contributed by atoms with Crippen LogP contribution < -0.4 is 5.73 Å². The minimum atomic E-state index is -1.11. The Morgan fingerprint density at radius 3 is 2.33 bits per heavy atom. The minimum Gasteiger partial charge on any atom is -0.382 e. The van der Waals surface area contributed by atoms with Crippen LogP contribution in [0, 0.1) is 0 Å². The maximum absolute atomic E-state index is 10.2. The second-order valence-corrected chi connectivity index (χ2v) is 3.34. The molecule has 0 rings (SSSR count). The third-order valence-electron chi connectivity index (χ3n) is 0.782. The van der Waals surface area contributed by atoms with Crippen LogP contribution in [0.3, 0.4) is 0 Å². The topological polar surface area (TPSA) is 63.3 Å². The quantitative estimate of drug-likeness (QED) is 0.702. The van der Waals surface area contributed by atoms with E-state index in [2.05, 4.69) is 31.9 Å². The van der Waals surface area contributed by atoms with Crippen molar-refractivity contribution in [3.63, 3.8) is 0 Å². The molecule has 0 spiro atoms. The molecular formula is C4H7Br2NO2. The fourth-order valence-corrected chi connectivity index (χ4v) is 0.877. The van der Waals surface area contributed by atoms with Crippen LogP contribution >= 0.6 is 31.9 Å². The molecule has 0 radical (unpaired) electrons. The van der Waals surface area contributed by atoms with Crippen LogP contribution in [-0.4, -0.2) is 27.3 Å². The van der Waals surface area contributed by atoms with Gasteiger partial charge in [-0.2, -0.15) is 0 Å². The number of carbonyl (C=O) groups is 1. The van der Waals surface area contributed by atoms with Gasteiger partial charge in [0, 0.05) is 5.33 Å². The highest BCUT2D eigenvalue weighted by atomic mass is 79.9. The van der Waals surface area contributed by atoms with Gasteiger partial charge in [0.1, 0.15) is 6.10 Å². The number of aliphatic hydroxyl groups is 1. The first-order chi connectivity index (χ1) is 4.09. The van der Waals surface area contributed by atoms with Crippen molar-refractivity contribution in [2.24, 2.45) is 5.73 Å². The van der Waals surface area contributed by atoms with E-state index in [1.54, 1.807) is 0 Å². The molecule has 0 unspecified atom stereocenters. The fourth-order valence-electron chi connectivity index (χ4n) is 0.263. The molecule has 0 aromatic rings. The second-order valence-electron chi connectivity index (χ2n) is 1.52. The number of halogens is 2. The van der Waals surface area contributed by atoms with Gasteiger partial charge in [-0.3, -0.25) is 4.79 Å². The summed E-state index contributed by atoms with van der Waals surface area (Å²) in [6.07, 6.45) is -1.11. The first kappa shape index (κ1) is 9.39. The smallest absolute Gasteiger partial charge is 0.247 e. The second kappa shape index (κ2) is 4.24. The average Bonchev–Trinajstić information content (AvgIpc) is 1.84. The van der Waals surface area contributed by atoms with E-state index in [1.807, 2.05) is 0 Å². The van der Waals surface area contributed by atoms with Crippen LogP contribution in [0.2, 0.25) is 0 Å². The third-order valence-corrected chi connectivity index (χ3v) is 3.17. The predicted molar refractivity (Wildman–Crippen MR) is 41.7 cm³/mol. The Hall–Kier alpha value is 0.390. The molecule has 5 heteroatoms. The SMILES string of the molecule is NC(=O)[C@H](O)[C@@H](Br)CBr. The highest BCUT2D eigenvalue weighted by molar-refractivity contribution is 9.12. The Morgan fingerprint density at radius 1 is 1.78 bits per heavy atom. The number of rotatable bonds is 3. The van der Waals surface area contributed by atoms with Crippen molar-refractivity contribution < 1.29 is 9.90 Å². The number of amides is 1. The maximum Gasteiger partial charge on any atom is 0.247 e. The van der Waals surface area contributed by atoms with Crippen LogP contribution in [0.15, 0.2) is 0 Å². The normalized spacial score (nSPS) is 16.8. The van der Waals surface area contributed by atoms with Gasteiger partial charge in [-0.25, -0.2) is 0 Å². The van der Waals surface area contributed by atoms with Crippen molar-refractivity contribution in [2.45, 2.75) is 10.9 Å². The summed E-state index contributed by atoms with van der Waals surface area (Å²) in [6, 6.07) is 0. The fraction of sp³-hybridized carbons (Fsp3) is 0.750. The van der Waals surface area contributed by atoms with Gasteiger partial charge in [-0.05, 0) is 0 Å². The summed E-state index contributed by atoms with van der Waals surface area (Å²) in [5.41, 5.74) is 4.77. The van der Waals surface area contributed by atoms with E-state index in [4.69, 9.17) is 10.8 Å². The summed E-state index contributed by atoms with van der Waals surface area (Å²) >= 11 is 6.11. The van der Waals surface area contributed by atoms with E-state index < -0.39 is 12.0 Å².